The van der Waals surface area contributed by atoms with Crippen molar-refractivity contribution in [2.45, 2.75) is 19.8 Å². The molecule has 25 heavy (non-hydrogen) atoms. The van der Waals surface area contributed by atoms with E-state index in [0.717, 1.165) is 13.1 Å². The lowest BCUT2D eigenvalue weighted by Gasteiger charge is -2.36. The molecule has 0 spiro atoms. The van der Waals surface area contributed by atoms with Crippen LogP contribution in [-0.4, -0.2) is 37.1 Å². The number of carbonyl (C=O) groups is 1. The summed E-state index contributed by atoms with van der Waals surface area (Å²) in [6, 6.07) is 14.3. The Morgan fingerprint density at radius 1 is 0.960 bits per heavy atom. The van der Waals surface area contributed by atoms with Gasteiger partial charge in [-0.3, -0.25) is 0 Å². The van der Waals surface area contributed by atoms with E-state index in [4.69, 9.17) is 0 Å². The molecule has 2 aromatic carbocycles. The maximum atomic E-state index is 12.9. The molecular weight excluding hydrogens is 317 g/mol. The molecule has 0 unspecified atom stereocenters. The number of nitrogens with zero attached hydrogens (tertiary/aromatic N) is 2. The average molecular weight is 341 g/mol. The predicted molar refractivity (Wildman–Crippen MR) is 99.7 cm³/mol. The first-order chi connectivity index (χ1) is 12.0. The number of carbonyl (C=O) groups excluding carboxylic acids is 1. The molecule has 132 valence electrons. The van der Waals surface area contributed by atoms with E-state index < -0.39 is 0 Å². The summed E-state index contributed by atoms with van der Waals surface area (Å²) < 4.78 is 12.9. The molecule has 1 aliphatic heterocycles. The topological polar surface area (TPSA) is 35.6 Å². The number of hydrogen-bond acceptors (Lipinski definition) is 2. The summed E-state index contributed by atoms with van der Waals surface area (Å²) >= 11 is 0. The highest BCUT2D eigenvalue weighted by molar-refractivity contribution is 5.89. The van der Waals surface area contributed by atoms with Crippen molar-refractivity contribution in [1.29, 1.82) is 0 Å². The molecule has 2 aromatic rings. The molecule has 0 atom stereocenters. The number of hydrogen-bond donors (Lipinski definition) is 1. The van der Waals surface area contributed by atoms with Crippen molar-refractivity contribution in [1.82, 2.24) is 4.90 Å². The van der Waals surface area contributed by atoms with Crippen LogP contribution in [0.25, 0.3) is 0 Å². The molecule has 0 radical (unpaired) electrons. The second-order valence-corrected chi connectivity index (χ2v) is 6.66. The third-order valence-corrected chi connectivity index (χ3v) is 4.59. The summed E-state index contributed by atoms with van der Waals surface area (Å²) in [5.74, 6) is 0.219. The SMILES string of the molecule is CC(C)c1ccc(N2CCN(C(=O)Nc3ccc(F)cc3)CC2)cc1. The third kappa shape index (κ3) is 4.29. The van der Waals surface area contributed by atoms with Gasteiger partial charge in [0, 0.05) is 37.6 Å². The summed E-state index contributed by atoms with van der Waals surface area (Å²) in [7, 11) is 0. The van der Waals surface area contributed by atoms with Crippen LogP contribution in [0.2, 0.25) is 0 Å². The fraction of sp³-hybridized carbons (Fsp3) is 0.350. The van der Waals surface area contributed by atoms with Crippen LogP contribution >= 0.6 is 0 Å². The van der Waals surface area contributed by atoms with Crippen LogP contribution in [0.1, 0.15) is 25.3 Å². The number of piperazine rings is 1. The van der Waals surface area contributed by atoms with Crippen molar-refractivity contribution >= 4 is 17.4 Å². The average Bonchev–Trinajstić information content (AvgIpc) is 2.64. The number of anilines is 2. The van der Waals surface area contributed by atoms with Gasteiger partial charge in [-0.2, -0.15) is 0 Å². The number of rotatable bonds is 3. The maximum Gasteiger partial charge on any atom is 0.321 e. The van der Waals surface area contributed by atoms with E-state index in [-0.39, 0.29) is 11.8 Å². The lowest BCUT2D eigenvalue weighted by Crippen LogP contribution is -2.50. The van der Waals surface area contributed by atoms with Crippen molar-refractivity contribution in [2.24, 2.45) is 0 Å². The van der Waals surface area contributed by atoms with Crippen molar-refractivity contribution in [3.05, 3.63) is 59.9 Å². The van der Waals surface area contributed by atoms with Crippen molar-refractivity contribution in [3.63, 3.8) is 0 Å². The standard InChI is InChI=1S/C20H24FN3O/c1-15(2)16-3-9-19(10-4-16)23-11-13-24(14-12-23)20(25)22-18-7-5-17(21)6-8-18/h3-10,15H,11-14H2,1-2H3,(H,22,25). The van der Waals surface area contributed by atoms with Gasteiger partial charge in [0.05, 0.1) is 0 Å². The predicted octanol–water partition coefficient (Wildman–Crippen LogP) is 4.30. The van der Waals surface area contributed by atoms with Gasteiger partial charge in [-0.25, -0.2) is 9.18 Å². The Morgan fingerprint density at radius 3 is 2.12 bits per heavy atom. The summed E-state index contributed by atoms with van der Waals surface area (Å²) in [5.41, 5.74) is 3.14. The number of urea groups is 1. The van der Waals surface area contributed by atoms with E-state index in [1.54, 1.807) is 17.0 Å². The Kier molecular flexibility index (Phi) is 5.22. The number of benzene rings is 2. The van der Waals surface area contributed by atoms with Crippen molar-refractivity contribution in [2.75, 3.05) is 36.4 Å². The monoisotopic (exact) mass is 341 g/mol. The number of amides is 2. The quantitative estimate of drug-likeness (QED) is 0.903. The highest BCUT2D eigenvalue weighted by atomic mass is 19.1. The highest BCUT2D eigenvalue weighted by Crippen LogP contribution is 2.21. The molecule has 4 nitrogen and oxygen atoms in total. The van der Waals surface area contributed by atoms with Gasteiger partial charge in [-0.1, -0.05) is 26.0 Å². The normalized spacial score (nSPS) is 14.7. The van der Waals surface area contributed by atoms with Gasteiger partial charge in [-0.15, -0.1) is 0 Å². The van der Waals surface area contributed by atoms with Gasteiger partial charge in [0.25, 0.3) is 0 Å². The number of halogens is 1. The summed E-state index contributed by atoms with van der Waals surface area (Å²) in [6.07, 6.45) is 0. The van der Waals surface area contributed by atoms with Gasteiger partial charge in [-0.05, 0) is 47.9 Å². The smallest absolute Gasteiger partial charge is 0.321 e. The maximum absolute atomic E-state index is 12.9. The van der Waals surface area contributed by atoms with E-state index in [9.17, 15) is 9.18 Å². The van der Waals surface area contributed by atoms with E-state index in [1.165, 1.54) is 23.4 Å². The van der Waals surface area contributed by atoms with E-state index in [1.807, 2.05) is 0 Å². The van der Waals surface area contributed by atoms with Crippen LogP contribution in [-0.2, 0) is 0 Å². The zero-order valence-corrected chi connectivity index (χ0v) is 14.7. The van der Waals surface area contributed by atoms with Crippen LogP contribution in [0.4, 0.5) is 20.6 Å². The largest absolute Gasteiger partial charge is 0.368 e. The first-order valence-electron chi connectivity index (χ1n) is 8.69. The zero-order valence-electron chi connectivity index (χ0n) is 14.7. The van der Waals surface area contributed by atoms with Crippen molar-refractivity contribution < 1.29 is 9.18 Å². The molecule has 0 aliphatic carbocycles. The lowest BCUT2D eigenvalue weighted by atomic mass is 10.0. The third-order valence-electron chi connectivity index (χ3n) is 4.59. The van der Waals surface area contributed by atoms with Crippen LogP contribution in [0.3, 0.4) is 0 Å². The first kappa shape index (κ1) is 17.3. The van der Waals surface area contributed by atoms with E-state index in [0.29, 0.717) is 24.7 Å². The van der Waals surface area contributed by atoms with E-state index in [2.05, 4.69) is 48.3 Å². The van der Waals surface area contributed by atoms with Gasteiger partial charge >= 0.3 is 6.03 Å². The fourth-order valence-electron chi connectivity index (χ4n) is 2.97. The van der Waals surface area contributed by atoms with Gasteiger partial charge in [0.15, 0.2) is 0 Å². The minimum absolute atomic E-state index is 0.138. The molecule has 1 aliphatic rings. The minimum atomic E-state index is -0.310. The molecule has 2 amide bonds. The van der Waals surface area contributed by atoms with Crippen LogP contribution in [0.5, 0.6) is 0 Å². The molecular formula is C20H24FN3O. The Hall–Kier alpha value is -2.56. The Balaban J connectivity index is 1.54. The van der Waals surface area contributed by atoms with Crippen molar-refractivity contribution in [3.8, 4) is 0 Å². The van der Waals surface area contributed by atoms with Crippen LogP contribution in [0.15, 0.2) is 48.5 Å². The molecule has 3 rings (SSSR count). The molecule has 0 aromatic heterocycles. The Morgan fingerprint density at radius 2 is 1.56 bits per heavy atom. The molecule has 0 bridgehead atoms. The van der Waals surface area contributed by atoms with Gasteiger partial charge in [0.1, 0.15) is 5.82 Å². The first-order valence-corrected chi connectivity index (χ1v) is 8.69. The van der Waals surface area contributed by atoms with E-state index >= 15 is 0 Å². The zero-order chi connectivity index (χ0) is 17.8. The van der Waals surface area contributed by atoms with Gasteiger partial charge < -0.3 is 15.1 Å². The van der Waals surface area contributed by atoms with Gasteiger partial charge in [0.2, 0.25) is 0 Å². The molecule has 1 saturated heterocycles. The minimum Gasteiger partial charge on any atom is -0.368 e. The Bertz CT molecular complexity index is 705. The lowest BCUT2D eigenvalue weighted by molar-refractivity contribution is 0.208. The molecule has 1 heterocycles. The second kappa shape index (κ2) is 7.55. The summed E-state index contributed by atoms with van der Waals surface area (Å²) in [5, 5.41) is 2.82. The molecule has 1 fully saturated rings. The fourth-order valence-corrected chi connectivity index (χ4v) is 2.97. The number of nitrogens with one attached hydrogen (secondary N) is 1. The summed E-state index contributed by atoms with van der Waals surface area (Å²) in [4.78, 5) is 16.4. The second-order valence-electron chi connectivity index (χ2n) is 6.66. The molecule has 0 saturated carbocycles. The molecule has 1 N–H and O–H groups in total. The summed E-state index contributed by atoms with van der Waals surface area (Å²) in [6.45, 7) is 7.31. The highest BCUT2D eigenvalue weighted by Gasteiger charge is 2.21. The Labute approximate surface area is 148 Å². The van der Waals surface area contributed by atoms with Crippen LogP contribution < -0.4 is 10.2 Å². The van der Waals surface area contributed by atoms with Crippen LogP contribution in [0, 0.1) is 5.82 Å². The molecule has 5 heteroatoms.